The number of para-hydroxylation sites is 1. The standard InChI is InChI=1S/C18H16F2N4O2/c1-23(2)18-21-15-6-4-3-5-14(15)17(26)24(18)22-16(25)9-11-7-12(19)10-13(20)8-11/h3-8,10H,9H2,1-2H3,(H,22,25). The summed E-state index contributed by atoms with van der Waals surface area (Å²) in [5.74, 6) is -1.91. The van der Waals surface area contributed by atoms with E-state index in [1.54, 1.807) is 43.3 Å². The molecule has 0 saturated carbocycles. The molecule has 0 spiro atoms. The lowest BCUT2D eigenvalue weighted by Gasteiger charge is -2.19. The zero-order valence-electron chi connectivity index (χ0n) is 14.2. The van der Waals surface area contributed by atoms with E-state index in [9.17, 15) is 18.4 Å². The van der Waals surface area contributed by atoms with Gasteiger partial charge in [-0.15, -0.1) is 0 Å². The lowest BCUT2D eigenvalue weighted by atomic mass is 10.1. The molecule has 8 heteroatoms. The Balaban J connectivity index is 1.96. The Kier molecular flexibility index (Phi) is 4.66. The molecule has 0 atom stereocenters. The zero-order chi connectivity index (χ0) is 18.8. The molecule has 6 nitrogen and oxygen atoms in total. The molecule has 0 aliphatic heterocycles. The van der Waals surface area contributed by atoms with E-state index in [0.717, 1.165) is 22.9 Å². The van der Waals surface area contributed by atoms with Gasteiger partial charge in [-0.05, 0) is 29.8 Å². The van der Waals surface area contributed by atoms with Gasteiger partial charge in [0, 0.05) is 20.2 Å². The van der Waals surface area contributed by atoms with Gasteiger partial charge in [-0.3, -0.25) is 15.0 Å². The Bertz CT molecular complexity index is 1030. The molecule has 3 aromatic rings. The van der Waals surface area contributed by atoms with Gasteiger partial charge in [-0.25, -0.2) is 13.8 Å². The molecule has 134 valence electrons. The molecule has 0 unspecified atom stereocenters. The predicted molar refractivity (Wildman–Crippen MR) is 94.8 cm³/mol. The minimum atomic E-state index is -0.772. The largest absolute Gasteiger partial charge is 0.347 e. The average molecular weight is 358 g/mol. The van der Waals surface area contributed by atoms with E-state index < -0.39 is 23.1 Å². The molecule has 1 amide bonds. The number of fused-ring (bicyclic) bond motifs is 1. The van der Waals surface area contributed by atoms with Crippen molar-refractivity contribution in [3.05, 3.63) is 70.0 Å². The van der Waals surface area contributed by atoms with Crippen LogP contribution in [0.25, 0.3) is 10.9 Å². The molecule has 0 saturated heterocycles. The molecule has 1 heterocycles. The highest BCUT2D eigenvalue weighted by molar-refractivity contribution is 5.87. The van der Waals surface area contributed by atoms with Crippen LogP contribution >= 0.6 is 0 Å². The molecule has 0 radical (unpaired) electrons. The normalized spacial score (nSPS) is 10.8. The lowest BCUT2D eigenvalue weighted by molar-refractivity contribution is -0.116. The third kappa shape index (κ3) is 3.53. The van der Waals surface area contributed by atoms with Gasteiger partial charge in [0.25, 0.3) is 5.56 Å². The second-order valence-corrected chi connectivity index (χ2v) is 5.95. The summed E-state index contributed by atoms with van der Waals surface area (Å²) in [6.45, 7) is 0. The third-order valence-electron chi connectivity index (χ3n) is 3.68. The number of hydrogen-bond donors (Lipinski definition) is 1. The Hall–Kier alpha value is -3.29. The van der Waals surface area contributed by atoms with E-state index in [4.69, 9.17) is 0 Å². The van der Waals surface area contributed by atoms with Crippen LogP contribution in [-0.2, 0) is 11.2 Å². The highest BCUT2D eigenvalue weighted by atomic mass is 19.1. The first kappa shape index (κ1) is 17.5. The summed E-state index contributed by atoms with van der Waals surface area (Å²) in [5, 5.41) is 0.343. The van der Waals surface area contributed by atoms with Crippen LogP contribution in [0.4, 0.5) is 14.7 Å². The van der Waals surface area contributed by atoms with Crippen molar-refractivity contribution in [1.82, 2.24) is 9.66 Å². The van der Waals surface area contributed by atoms with Crippen molar-refractivity contribution >= 4 is 22.8 Å². The molecule has 3 rings (SSSR count). The Morgan fingerprint density at radius 3 is 2.46 bits per heavy atom. The monoisotopic (exact) mass is 358 g/mol. The number of anilines is 1. The first-order valence-electron chi connectivity index (χ1n) is 7.79. The van der Waals surface area contributed by atoms with Crippen LogP contribution in [0, 0.1) is 11.6 Å². The van der Waals surface area contributed by atoms with Crippen LogP contribution < -0.4 is 15.9 Å². The van der Waals surface area contributed by atoms with Crippen LogP contribution in [0.2, 0.25) is 0 Å². The maximum Gasteiger partial charge on any atom is 0.281 e. The fourth-order valence-electron chi connectivity index (χ4n) is 2.58. The van der Waals surface area contributed by atoms with Crippen molar-refractivity contribution in [3.8, 4) is 0 Å². The second kappa shape index (κ2) is 6.91. The number of hydrogen-bond acceptors (Lipinski definition) is 4. The fraction of sp³-hybridized carbons (Fsp3) is 0.167. The Labute approximate surface area is 147 Å². The first-order chi connectivity index (χ1) is 12.3. The van der Waals surface area contributed by atoms with Crippen LogP contribution in [0.15, 0.2) is 47.3 Å². The van der Waals surface area contributed by atoms with Crippen molar-refractivity contribution in [2.45, 2.75) is 6.42 Å². The number of carbonyl (C=O) groups excluding carboxylic acids is 1. The quantitative estimate of drug-likeness (QED) is 0.775. The number of aromatic nitrogens is 2. The van der Waals surface area contributed by atoms with Crippen LogP contribution in [0.5, 0.6) is 0 Å². The molecular formula is C18H16F2N4O2. The van der Waals surface area contributed by atoms with Crippen molar-refractivity contribution in [1.29, 1.82) is 0 Å². The minimum Gasteiger partial charge on any atom is -0.347 e. The number of carbonyl (C=O) groups is 1. The zero-order valence-corrected chi connectivity index (χ0v) is 14.2. The van der Waals surface area contributed by atoms with Crippen LogP contribution in [0.1, 0.15) is 5.56 Å². The topological polar surface area (TPSA) is 67.2 Å². The number of nitrogens with zero attached hydrogens (tertiary/aromatic N) is 3. The smallest absolute Gasteiger partial charge is 0.281 e. The van der Waals surface area contributed by atoms with Gasteiger partial charge in [0.15, 0.2) is 0 Å². The summed E-state index contributed by atoms with van der Waals surface area (Å²) < 4.78 is 27.6. The first-order valence-corrected chi connectivity index (χ1v) is 7.79. The molecule has 26 heavy (non-hydrogen) atoms. The van der Waals surface area contributed by atoms with Crippen molar-refractivity contribution in [2.24, 2.45) is 0 Å². The van der Waals surface area contributed by atoms with E-state index in [0.29, 0.717) is 10.9 Å². The number of amides is 1. The summed E-state index contributed by atoms with van der Waals surface area (Å²) >= 11 is 0. The maximum absolute atomic E-state index is 13.3. The average Bonchev–Trinajstić information content (AvgIpc) is 2.56. The van der Waals surface area contributed by atoms with Gasteiger partial charge in [0.2, 0.25) is 11.9 Å². The number of halogens is 2. The van der Waals surface area contributed by atoms with E-state index in [2.05, 4.69) is 10.4 Å². The maximum atomic E-state index is 13.3. The predicted octanol–water partition coefficient (Wildman–Crippen LogP) is 2.05. The van der Waals surface area contributed by atoms with Gasteiger partial charge in [0.1, 0.15) is 11.6 Å². The van der Waals surface area contributed by atoms with Crippen molar-refractivity contribution < 1.29 is 13.6 Å². The van der Waals surface area contributed by atoms with E-state index in [1.165, 1.54) is 0 Å². The van der Waals surface area contributed by atoms with Gasteiger partial charge in [-0.2, -0.15) is 4.68 Å². The fourth-order valence-corrected chi connectivity index (χ4v) is 2.58. The van der Waals surface area contributed by atoms with E-state index in [-0.39, 0.29) is 17.9 Å². The minimum absolute atomic E-state index is 0.160. The van der Waals surface area contributed by atoms with Gasteiger partial charge in [-0.1, -0.05) is 12.1 Å². The van der Waals surface area contributed by atoms with Gasteiger partial charge in [0.05, 0.1) is 17.3 Å². The molecule has 0 fully saturated rings. The van der Waals surface area contributed by atoms with Crippen LogP contribution in [-0.4, -0.2) is 29.7 Å². The highest BCUT2D eigenvalue weighted by Gasteiger charge is 2.15. The number of rotatable bonds is 4. The SMILES string of the molecule is CN(C)c1nc2ccccc2c(=O)n1NC(=O)Cc1cc(F)cc(F)c1. The van der Waals surface area contributed by atoms with E-state index in [1.807, 2.05) is 0 Å². The van der Waals surface area contributed by atoms with Crippen molar-refractivity contribution in [3.63, 3.8) is 0 Å². The summed E-state index contributed by atoms with van der Waals surface area (Å²) in [6, 6.07) is 9.62. The van der Waals surface area contributed by atoms with Crippen LogP contribution in [0.3, 0.4) is 0 Å². The molecule has 0 aliphatic rings. The Morgan fingerprint density at radius 1 is 1.15 bits per heavy atom. The molecule has 1 aromatic heterocycles. The number of benzene rings is 2. The molecule has 2 aromatic carbocycles. The third-order valence-corrected chi connectivity index (χ3v) is 3.68. The summed E-state index contributed by atoms with van der Waals surface area (Å²) in [6.07, 6.45) is -0.291. The van der Waals surface area contributed by atoms with Gasteiger partial charge < -0.3 is 4.90 Å². The number of nitrogens with one attached hydrogen (secondary N) is 1. The van der Waals surface area contributed by atoms with E-state index >= 15 is 0 Å². The van der Waals surface area contributed by atoms with Crippen molar-refractivity contribution in [2.75, 3.05) is 24.4 Å². The Morgan fingerprint density at radius 2 is 1.81 bits per heavy atom. The highest BCUT2D eigenvalue weighted by Crippen LogP contribution is 2.13. The molecule has 0 bridgehead atoms. The van der Waals surface area contributed by atoms with Gasteiger partial charge >= 0.3 is 0 Å². The summed E-state index contributed by atoms with van der Waals surface area (Å²) in [4.78, 5) is 31.0. The molecule has 1 N–H and O–H groups in total. The lowest BCUT2D eigenvalue weighted by Crippen LogP contribution is -2.38. The summed E-state index contributed by atoms with van der Waals surface area (Å²) in [7, 11) is 3.36. The molecular weight excluding hydrogens is 342 g/mol. The second-order valence-electron chi connectivity index (χ2n) is 5.95. The summed E-state index contributed by atoms with van der Waals surface area (Å²) in [5.41, 5.74) is 2.67. The molecule has 0 aliphatic carbocycles.